The van der Waals surface area contributed by atoms with E-state index in [9.17, 15) is 9.59 Å². The number of rotatable bonds is 6. The number of piperazine rings is 1. The van der Waals surface area contributed by atoms with Gasteiger partial charge >= 0.3 is 0 Å². The minimum absolute atomic E-state index is 0.0313. The number of nitrogens with zero attached hydrogens (tertiary/aromatic N) is 2. The first-order chi connectivity index (χ1) is 13.6. The van der Waals surface area contributed by atoms with Crippen molar-refractivity contribution in [3.63, 3.8) is 0 Å². The van der Waals surface area contributed by atoms with Crippen LogP contribution in [0.4, 0.5) is 0 Å². The predicted octanol–water partition coefficient (Wildman–Crippen LogP) is 4.05. The lowest BCUT2D eigenvalue weighted by Crippen LogP contribution is -2.50. The maximum atomic E-state index is 12.4. The lowest BCUT2D eigenvalue weighted by Gasteiger charge is -2.34. The zero-order valence-corrected chi connectivity index (χ0v) is 16.6. The normalized spacial score (nSPS) is 14.5. The van der Waals surface area contributed by atoms with Gasteiger partial charge in [0.1, 0.15) is 0 Å². The van der Waals surface area contributed by atoms with Crippen LogP contribution in [0, 0.1) is 0 Å². The molecule has 0 aliphatic carbocycles. The minimum atomic E-state index is -0.0313. The van der Waals surface area contributed by atoms with Crippen molar-refractivity contribution in [1.29, 1.82) is 0 Å². The molecule has 0 atom stereocenters. The SMILES string of the molecule is O=C(/C=C/c1cccc(Cl)c1)N1CCN(C(=O)CCCc2ccccc2)CC1. The van der Waals surface area contributed by atoms with Crippen LogP contribution in [0.15, 0.2) is 60.7 Å². The topological polar surface area (TPSA) is 40.6 Å². The standard InChI is InChI=1S/C23H25ClN2O2/c24-21-10-4-9-20(18-21)12-13-23(28)26-16-14-25(15-17-26)22(27)11-5-8-19-6-2-1-3-7-19/h1-4,6-7,9-10,12-13,18H,5,8,11,14-17H2/b13-12+. The molecule has 28 heavy (non-hydrogen) atoms. The number of carbonyl (C=O) groups is 2. The molecule has 0 aromatic heterocycles. The molecule has 0 spiro atoms. The first-order valence-corrected chi connectivity index (χ1v) is 10.0. The summed E-state index contributed by atoms with van der Waals surface area (Å²) in [5.74, 6) is 0.147. The number of aryl methyl sites for hydroxylation is 1. The van der Waals surface area contributed by atoms with Gasteiger partial charge in [0.05, 0.1) is 0 Å². The minimum Gasteiger partial charge on any atom is -0.339 e. The average Bonchev–Trinajstić information content (AvgIpc) is 2.73. The number of halogens is 1. The molecule has 5 heteroatoms. The third kappa shape index (κ3) is 5.96. The van der Waals surface area contributed by atoms with Crippen molar-refractivity contribution in [3.8, 4) is 0 Å². The van der Waals surface area contributed by atoms with E-state index in [1.165, 1.54) is 5.56 Å². The summed E-state index contributed by atoms with van der Waals surface area (Å²) in [5, 5.41) is 0.647. The smallest absolute Gasteiger partial charge is 0.246 e. The lowest BCUT2D eigenvalue weighted by atomic mass is 10.1. The van der Waals surface area contributed by atoms with Gasteiger partial charge in [0.2, 0.25) is 11.8 Å². The summed E-state index contributed by atoms with van der Waals surface area (Å²) < 4.78 is 0. The van der Waals surface area contributed by atoms with Crippen LogP contribution in [0.2, 0.25) is 5.02 Å². The molecular weight excluding hydrogens is 372 g/mol. The number of hydrogen-bond acceptors (Lipinski definition) is 2. The maximum Gasteiger partial charge on any atom is 0.246 e. The molecule has 0 N–H and O–H groups in total. The van der Waals surface area contributed by atoms with Gasteiger partial charge in [-0.1, -0.05) is 54.1 Å². The Balaban J connectivity index is 1.40. The highest BCUT2D eigenvalue weighted by atomic mass is 35.5. The molecule has 0 radical (unpaired) electrons. The molecule has 1 aliphatic rings. The fraction of sp³-hybridized carbons (Fsp3) is 0.304. The van der Waals surface area contributed by atoms with Crippen molar-refractivity contribution >= 4 is 29.5 Å². The van der Waals surface area contributed by atoms with Crippen molar-refractivity contribution in [2.24, 2.45) is 0 Å². The summed E-state index contributed by atoms with van der Waals surface area (Å²) in [4.78, 5) is 28.4. The highest BCUT2D eigenvalue weighted by molar-refractivity contribution is 6.30. The Morgan fingerprint density at radius 1 is 0.929 bits per heavy atom. The van der Waals surface area contributed by atoms with Crippen LogP contribution in [0.25, 0.3) is 6.08 Å². The van der Waals surface area contributed by atoms with E-state index in [1.807, 2.05) is 41.3 Å². The molecular formula is C23H25ClN2O2. The Morgan fingerprint density at radius 2 is 1.64 bits per heavy atom. The third-order valence-corrected chi connectivity index (χ3v) is 5.15. The summed E-state index contributed by atoms with van der Waals surface area (Å²) in [6, 6.07) is 17.6. The number of amides is 2. The van der Waals surface area contributed by atoms with Crippen molar-refractivity contribution in [2.45, 2.75) is 19.3 Å². The first-order valence-electron chi connectivity index (χ1n) is 9.66. The highest BCUT2D eigenvalue weighted by Gasteiger charge is 2.22. The maximum absolute atomic E-state index is 12.4. The van der Waals surface area contributed by atoms with E-state index < -0.39 is 0 Å². The Kier molecular flexibility index (Phi) is 7.26. The Bertz CT molecular complexity index is 828. The number of benzene rings is 2. The molecule has 2 aromatic carbocycles. The van der Waals surface area contributed by atoms with Crippen LogP contribution in [0.1, 0.15) is 24.0 Å². The van der Waals surface area contributed by atoms with Gasteiger partial charge in [-0.25, -0.2) is 0 Å². The molecule has 1 heterocycles. The van der Waals surface area contributed by atoms with Crippen LogP contribution in [0.5, 0.6) is 0 Å². The van der Waals surface area contributed by atoms with Crippen molar-refractivity contribution < 1.29 is 9.59 Å². The predicted molar refractivity (Wildman–Crippen MR) is 113 cm³/mol. The van der Waals surface area contributed by atoms with Crippen molar-refractivity contribution in [3.05, 3.63) is 76.8 Å². The quantitative estimate of drug-likeness (QED) is 0.691. The van der Waals surface area contributed by atoms with Gasteiger partial charge in [0.25, 0.3) is 0 Å². The summed E-state index contributed by atoms with van der Waals surface area (Å²) in [7, 11) is 0. The summed E-state index contributed by atoms with van der Waals surface area (Å²) in [6.45, 7) is 2.34. The first kappa shape index (κ1) is 20.2. The van der Waals surface area contributed by atoms with E-state index >= 15 is 0 Å². The fourth-order valence-corrected chi connectivity index (χ4v) is 3.50. The van der Waals surface area contributed by atoms with Crippen LogP contribution < -0.4 is 0 Å². The van der Waals surface area contributed by atoms with Gasteiger partial charge in [0.15, 0.2) is 0 Å². The average molecular weight is 397 g/mol. The Morgan fingerprint density at radius 3 is 2.36 bits per heavy atom. The van der Waals surface area contributed by atoms with Gasteiger partial charge in [-0.15, -0.1) is 0 Å². The number of hydrogen-bond donors (Lipinski definition) is 0. The Hall–Kier alpha value is -2.59. The van der Waals surface area contributed by atoms with Crippen LogP contribution in [-0.2, 0) is 16.0 Å². The number of carbonyl (C=O) groups excluding carboxylic acids is 2. The van der Waals surface area contributed by atoms with Gasteiger partial charge in [0, 0.05) is 43.7 Å². The van der Waals surface area contributed by atoms with Gasteiger partial charge in [-0.3, -0.25) is 9.59 Å². The molecule has 4 nitrogen and oxygen atoms in total. The van der Waals surface area contributed by atoms with E-state index in [1.54, 1.807) is 23.1 Å². The lowest BCUT2D eigenvalue weighted by molar-refractivity contribution is -0.137. The second kappa shape index (κ2) is 10.1. The van der Waals surface area contributed by atoms with E-state index in [0.717, 1.165) is 18.4 Å². The summed E-state index contributed by atoms with van der Waals surface area (Å²) in [5.41, 5.74) is 2.16. The van der Waals surface area contributed by atoms with Gasteiger partial charge in [-0.05, 0) is 42.2 Å². The molecule has 0 unspecified atom stereocenters. The zero-order valence-electron chi connectivity index (χ0n) is 15.9. The second-order valence-electron chi connectivity index (χ2n) is 6.93. The monoisotopic (exact) mass is 396 g/mol. The van der Waals surface area contributed by atoms with E-state index in [-0.39, 0.29) is 11.8 Å². The van der Waals surface area contributed by atoms with Gasteiger partial charge in [-0.2, -0.15) is 0 Å². The molecule has 1 saturated heterocycles. The van der Waals surface area contributed by atoms with Crippen LogP contribution in [-0.4, -0.2) is 47.8 Å². The summed E-state index contributed by atoms with van der Waals surface area (Å²) in [6.07, 6.45) is 5.67. The fourth-order valence-electron chi connectivity index (χ4n) is 3.31. The summed E-state index contributed by atoms with van der Waals surface area (Å²) >= 11 is 5.96. The molecule has 3 rings (SSSR count). The van der Waals surface area contributed by atoms with Crippen LogP contribution in [0.3, 0.4) is 0 Å². The van der Waals surface area contributed by atoms with E-state index in [4.69, 9.17) is 11.6 Å². The largest absolute Gasteiger partial charge is 0.339 e. The Labute approximate surface area is 171 Å². The molecule has 1 fully saturated rings. The van der Waals surface area contributed by atoms with Crippen LogP contribution >= 0.6 is 11.6 Å². The second-order valence-corrected chi connectivity index (χ2v) is 7.37. The molecule has 146 valence electrons. The van der Waals surface area contributed by atoms with Crippen molar-refractivity contribution in [2.75, 3.05) is 26.2 Å². The van der Waals surface area contributed by atoms with E-state index in [2.05, 4.69) is 12.1 Å². The van der Waals surface area contributed by atoms with Gasteiger partial charge < -0.3 is 9.80 Å². The molecule has 2 aromatic rings. The molecule has 0 saturated carbocycles. The van der Waals surface area contributed by atoms with E-state index in [0.29, 0.717) is 37.6 Å². The van der Waals surface area contributed by atoms with Crippen molar-refractivity contribution in [1.82, 2.24) is 9.80 Å². The molecule has 2 amide bonds. The molecule has 1 aliphatic heterocycles. The third-order valence-electron chi connectivity index (χ3n) is 4.91. The highest BCUT2D eigenvalue weighted by Crippen LogP contribution is 2.13. The molecule has 0 bridgehead atoms. The zero-order chi connectivity index (χ0) is 19.8.